The van der Waals surface area contributed by atoms with E-state index in [0.717, 1.165) is 42.3 Å². The molecule has 30 heavy (non-hydrogen) atoms. The summed E-state index contributed by atoms with van der Waals surface area (Å²) in [6.45, 7) is 4.81. The van der Waals surface area contributed by atoms with Gasteiger partial charge in [0.25, 0.3) is 5.56 Å². The Morgan fingerprint density at radius 1 is 1.30 bits per heavy atom. The first-order chi connectivity index (χ1) is 14.7. The van der Waals surface area contributed by atoms with E-state index in [2.05, 4.69) is 24.0 Å². The summed E-state index contributed by atoms with van der Waals surface area (Å²) in [7, 11) is 0. The number of rotatable bonds is 9. The van der Waals surface area contributed by atoms with Gasteiger partial charge >= 0.3 is 0 Å². The molecule has 156 valence electrons. The van der Waals surface area contributed by atoms with Crippen LogP contribution in [0, 0.1) is 0 Å². The van der Waals surface area contributed by atoms with Gasteiger partial charge in [0.1, 0.15) is 4.83 Å². The predicted molar refractivity (Wildman–Crippen MR) is 125 cm³/mol. The molecule has 0 aliphatic heterocycles. The van der Waals surface area contributed by atoms with Crippen LogP contribution < -0.4 is 10.9 Å². The molecule has 5 nitrogen and oxygen atoms in total. The summed E-state index contributed by atoms with van der Waals surface area (Å²) in [5, 5.41) is 4.32. The first-order valence-electron chi connectivity index (χ1n) is 10.3. The molecule has 2 heterocycles. The van der Waals surface area contributed by atoms with Crippen LogP contribution in [-0.2, 0) is 30.6 Å². The van der Waals surface area contributed by atoms with E-state index < -0.39 is 0 Å². The smallest absolute Gasteiger partial charge is 0.263 e. The molecule has 4 rings (SSSR count). The Bertz CT molecular complexity index is 1120. The van der Waals surface area contributed by atoms with E-state index in [1.165, 1.54) is 27.8 Å². The number of nitrogens with one attached hydrogen (secondary N) is 1. The Balaban J connectivity index is 1.39. The quantitative estimate of drug-likeness (QED) is 0.237. The van der Waals surface area contributed by atoms with Crippen LogP contribution in [0.15, 0.2) is 52.9 Å². The van der Waals surface area contributed by atoms with Crippen LogP contribution in [-0.4, -0.2) is 27.8 Å². The number of hydrogen-bond acceptors (Lipinski definition) is 5. The van der Waals surface area contributed by atoms with Crippen molar-refractivity contribution in [1.82, 2.24) is 14.9 Å². The van der Waals surface area contributed by atoms with Crippen molar-refractivity contribution in [2.45, 2.75) is 43.8 Å². The van der Waals surface area contributed by atoms with E-state index in [-0.39, 0.29) is 17.2 Å². The maximum Gasteiger partial charge on any atom is 0.263 e. The third-order valence-corrected chi connectivity index (χ3v) is 7.40. The highest BCUT2D eigenvalue weighted by Gasteiger charge is 2.23. The van der Waals surface area contributed by atoms with Gasteiger partial charge in [0.2, 0.25) is 5.91 Å². The second kappa shape index (κ2) is 9.62. The van der Waals surface area contributed by atoms with Crippen molar-refractivity contribution in [3.05, 3.63) is 69.3 Å². The van der Waals surface area contributed by atoms with Crippen LogP contribution in [0.4, 0.5) is 0 Å². The molecule has 0 bridgehead atoms. The number of hydrogen-bond donors (Lipinski definition) is 1. The number of fused-ring (bicyclic) bond motifs is 3. The van der Waals surface area contributed by atoms with Crippen molar-refractivity contribution in [2.24, 2.45) is 0 Å². The minimum Gasteiger partial charge on any atom is -0.355 e. The topological polar surface area (TPSA) is 64.0 Å². The number of amides is 1. The number of carbonyl (C=O) groups excluding carboxylic acids is 1. The largest absolute Gasteiger partial charge is 0.355 e. The first-order valence-corrected chi connectivity index (χ1v) is 12.1. The van der Waals surface area contributed by atoms with Crippen LogP contribution in [0.25, 0.3) is 10.2 Å². The van der Waals surface area contributed by atoms with Crippen molar-refractivity contribution in [2.75, 3.05) is 12.3 Å². The standard InChI is InChI=1S/C23H25N3O2S2/c1-2-14-26-22(28)20-17-11-6-12-18(17)30-21(20)25-23(26)29-15-19(27)24-13-7-10-16-8-4-3-5-9-16/h2-5,8-9H,1,6-7,10-15H2,(H,24,27). The summed E-state index contributed by atoms with van der Waals surface area (Å²) in [5.41, 5.74) is 2.44. The zero-order valence-electron chi connectivity index (χ0n) is 16.9. The molecule has 0 radical (unpaired) electrons. The molecule has 2 aromatic heterocycles. The number of aromatic nitrogens is 2. The number of aryl methyl sites for hydroxylation is 3. The fourth-order valence-electron chi connectivity index (χ4n) is 3.80. The van der Waals surface area contributed by atoms with Crippen molar-refractivity contribution in [1.29, 1.82) is 0 Å². The average Bonchev–Trinajstić information content (AvgIpc) is 3.34. The van der Waals surface area contributed by atoms with Crippen molar-refractivity contribution in [3.63, 3.8) is 0 Å². The Morgan fingerprint density at radius 3 is 2.93 bits per heavy atom. The molecule has 0 saturated carbocycles. The highest BCUT2D eigenvalue weighted by atomic mass is 32.2. The van der Waals surface area contributed by atoms with Crippen LogP contribution in [0.5, 0.6) is 0 Å². The van der Waals surface area contributed by atoms with E-state index in [1.807, 2.05) is 18.2 Å². The van der Waals surface area contributed by atoms with Gasteiger partial charge in [-0.2, -0.15) is 0 Å². The lowest BCUT2D eigenvalue weighted by Gasteiger charge is -2.11. The highest BCUT2D eigenvalue weighted by Crippen LogP contribution is 2.35. The Hall–Kier alpha value is -2.38. The van der Waals surface area contributed by atoms with E-state index in [4.69, 9.17) is 4.98 Å². The minimum absolute atomic E-state index is 0.00920. The molecular weight excluding hydrogens is 414 g/mol. The number of thioether (sulfide) groups is 1. The molecule has 1 aliphatic rings. The molecule has 1 amide bonds. The number of allylic oxidation sites excluding steroid dienone is 1. The van der Waals surface area contributed by atoms with Gasteiger partial charge in [-0.3, -0.25) is 14.2 Å². The molecule has 0 spiro atoms. The van der Waals surface area contributed by atoms with Gasteiger partial charge < -0.3 is 5.32 Å². The molecule has 7 heteroatoms. The van der Waals surface area contributed by atoms with Crippen LogP contribution in [0.2, 0.25) is 0 Å². The van der Waals surface area contributed by atoms with Gasteiger partial charge in [0.15, 0.2) is 5.16 Å². The average molecular weight is 440 g/mol. The molecular formula is C23H25N3O2S2. The molecule has 1 aliphatic carbocycles. The molecule has 1 aromatic carbocycles. The van der Waals surface area contributed by atoms with Crippen LogP contribution >= 0.6 is 23.1 Å². The fourth-order valence-corrected chi connectivity index (χ4v) is 5.95. The molecule has 0 unspecified atom stereocenters. The van der Waals surface area contributed by atoms with Gasteiger partial charge in [-0.05, 0) is 43.2 Å². The lowest BCUT2D eigenvalue weighted by Crippen LogP contribution is -2.27. The van der Waals surface area contributed by atoms with Crippen LogP contribution in [0.1, 0.15) is 28.8 Å². The van der Waals surface area contributed by atoms with Gasteiger partial charge in [-0.25, -0.2) is 4.98 Å². The monoisotopic (exact) mass is 439 g/mol. The fraction of sp³-hybridized carbons (Fsp3) is 0.348. The summed E-state index contributed by atoms with van der Waals surface area (Å²) in [5.74, 6) is 0.201. The molecule has 0 fully saturated rings. The van der Waals surface area contributed by atoms with Gasteiger partial charge in [-0.1, -0.05) is 48.2 Å². The lowest BCUT2D eigenvalue weighted by atomic mass is 10.1. The highest BCUT2D eigenvalue weighted by molar-refractivity contribution is 7.99. The SMILES string of the molecule is C=CCn1c(SCC(=O)NCCCc2ccccc2)nc2sc3c(c2c1=O)CCC3. The normalized spacial score (nSPS) is 12.8. The van der Waals surface area contributed by atoms with Crippen molar-refractivity contribution < 1.29 is 4.79 Å². The molecule has 0 saturated heterocycles. The third kappa shape index (κ3) is 4.52. The van der Waals surface area contributed by atoms with E-state index in [0.29, 0.717) is 18.2 Å². The second-order valence-corrected chi connectivity index (χ2v) is 9.39. The van der Waals surface area contributed by atoms with Crippen molar-refractivity contribution in [3.8, 4) is 0 Å². The van der Waals surface area contributed by atoms with E-state index in [1.54, 1.807) is 22.0 Å². The Morgan fingerprint density at radius 2 is 2.13 bits per heavy atom. The first kappa shape index (κ1) is 20.9. The summed E-state index contributed by atoms with van der Waals surface area (Å²) in [6, 6.07) is 10.3. The van der Waals surface area contributed by atoms with Crippen molar-refractivity contribution >= 4 is 39.2 Å². The number of nitrogens with zero attached hydrogens (tertiary/aromatic N) is 2. The zero-order valence-corrected chi connectivity index (χ0v) is 18.5. The molecule has 1 N–H and O–H groups in total. The summed E-state index contributed by atoms with van der Waals surface area (Å²) >= 11 is 2.94. The Labute approximate surface area is 184 Å². The maximum atomic E-state index is 13.1. The number of benzene rings is 1. The van der Waals surface area contributed by atoms with Gasteiger partial charge in [-0.15, -0.1) is 17.9 Å². The number of carbonyl (C=O) groups is 1. The Kier molecular flexibility index (Phi) is 6.69. The van der Waals surface area contributed by atoms with E-state index >= 15 is 0 Å². The van der Waals surface area contributed by atoms with E-state index in [9.17, 15) is 9.59 Å². The summed E-state index contributed by atoms with van der Waals surface area (Å²) < 4.78 is 1.65. The third-order valence-electron chi connectivity index (χ3n) is 5.24. The lowest BCUT2D eigenvalue weighted by molar-refractivity contribution is -0.118. The second-order valence-electron chi connectivity index (χ2n) is 7.36. The predicted octanol–water partition coefficient (Wildman–Crippen LogP) is 3.97. The van der Waals surface area contributed by atoms with Gasteiger partial charge in [0.05, 0.1) is 11.1 Å². The number of thiophene rings is 1. The minimum atomic E-state index is -0.0405. The van der Waals surface area contributed by atoms with Gasteiger partial charge in [0, 0.05) is 18.0 Å². The zero-order chi connectivity index (χ0) is 20.9. The summed E-state index contributed by atoms with van der Waals surface area (Å²) in [6.07, 6.45) is 6.64. The molecule has 0 atom stereocenters. The maximum absolute atomic E-state index is 13.1. The molecule has 3 aromatic rings. The van der Waals surface area contributed by atoms with Crippen LogP contribution in [0.3, 0.4) is 0 Å². The summed E-state index contributed by atoms with van der Waals surface area (Å²) in [4.78, 5) is 32.2.